The van der Waals surface area contributed by atoms with Crippen molar-refractivity contribution in [2.75, 3.05) is 18.2 Å². The van der Waals surface area contributed by atoms with Crippen LogP contribution >= 0.6 is 11.6 Å². The summed E-state index contributed by atoms with van der Waals surface area (Å²) in [6.07, 6.45) is 1.68. The van der Waals surface area contributed by atoms with Gasteiger partial charge in [0.1, 0.15) is 5.52 Å². The van der Waals surface area contributed by atoms with Gasteiger partial charge in [-0.25, -0.2) is 0 Å². The van der Waals surface area contributed by atoms with Crippen LogP contribution in [0.15, 0.2) is 12.1 Å². The van der Waals surface area contributed by atoms with Crippen LogP contribution in [0.4, 0.5) is 5.69 Å². The van der Waals surface area contributed by atoms with Gasteiger partial charge in [-0.1, -0.05) is 13.0 Å². The number of aliphatic hydroxyl groups is 1. The minimum atomic E-state index is -0.319. The predicted molar refractivity (Wildman–Crippen MR) is 90.8 cm³/mol. The molecule has 0 radical (unpaired) electrons. The molecule has 7 heteroatoms. The molecule has 1 atom stereocenters. The van der Waals surface area contributed by atoms with E-state index in [1.807, 2.05) is 19.1 Å². The molecule has 2 aromatic rings. The Hall–Kier alpha value is -1.79. The fourth-order valence-corrected chi connectivity index (χ4v) is 2.82. The Morgan fingerprint density at radius 1 is 1.52 bits per heavy atom. The van der Waals surface area contributed by atoms with Gasteiger partial charge in [0.2, 0.25) is 0 Å². The third kappa shape index (κ3) is 3.59. The zero-order valence-electron chi connectivity index (χ0n) is 13.4. The molecule has 126 valence electrons. The predicted octanol–water partition coefficient (Wildman–Crippen LogP) is 2.57. The van der Waals surface area contributed by atoms with Crippen molar-refractivity contribution in [3.05, 3.63) is 17.7 Å². The van der Waals surface area contributed by atoms with Gasteiger partial charge in [0.25, 0.3) is 0 Å². The Morgan fingerprint density at radius 3 is 2.87 bits per heavy atom. The molecule has 0 saturated heterocycles. The van der Waals surface area contributed by atoms with Gasteiger partial charge in [-0.15, -0.1) is 11.6 Å². The van der Waals surface area contributed by atoms with Crippen LogP contribution in [0.25, 0.3) is 11.0 Å². The molecule has 1 unspecified atom stereocenters. The number of carbonyl (C=O) groups is 1. The van der Waals surface area contributed by atoms with E-state index in [1.54, 1.807) is 11.6 Å². The second-order valence-corrected chi connectivity index (χ2v) is 5.85. The molecule has 2 rings (SSSR count). The highest BCUT2D eigenvalue weighted by Gasteiger charge is 2.19. The summed E-state index contributed by atoms with van der Waals surface area (Å²) in [5.41, 5.74) is 8.86. The molecule has 0 aliphatic heterocycles. The SMILES string of the molecule is CCCC(=O)Oc1nc2c(N)c(C(CO)CCCl)ccc2n1C. The molecule has 23 heavy (non-hydrogen) atoms. The third-order valence-electron chi connectivity index (χ3n) is 3.86. The first kappa shape index (κ1) is 17.6. The average molecular weight is 340 g/mol. The molecule has 1 aromatic heterocycles. The van der Waals surface area contributed by atoms with E-state index in [4.69, 9.17) is 22.1 Å². The van der Waals surface area contributed by atoms with Crippen LogP contribution in [-0.4, -0.2) is 33.1 Å². The number of hydrogen-bond donors (Lipinski definition) is 2. The van der Waals surface area contributed by atoms with Gasteiger partial charge < -0.3 is 15.6 Å². The van der Waals surface area contributed by atoms with Crippen molar-refractivity contribution < 1.29 is 14.6 Å². The molecule has 1 aromatic carbocycles. The van der Waals surface area contributed by atoms with Gasteiger partial charge >= 0.3 is 12.0 Å². The molecule has 0 fully saturated rings. The van der Waals surface area contributed by atoms with E-state index in [0.29, 0.717) is 36.3 Å². The molecule has 3 N–H and O–H groups in total. The number of aromatic nitrogens is 2. The van der Waals surface area contributed by atoms with Gasteiger partial charge in [0.15, 0.2) is 0 Å². The van der Waals surface area contributed by atoms with Crippen molar-refractivity contribution in [3.63, 3.8) is 0 Å². The number of halogens is 1. The van der Waals surface area contributed by atoms with E-state index < -0.39 is 0 Å². The number of hydrogen-bond acceptors (Lipinski definition) is 5. The van der Waals surface area contributed by atoms with Gasteiger partial charge in [0, 0.05) is 25.3 Å². The lowest BCUT2D eigenvalue weighted by molar-refractivity contribution is -0.135. The van der Waals surface area contributed by atoms with Crippen molar-refractivity contribution in [3.8, 4) is 6.01 Å². The van der Waals surface area contributed by atoms with Crippen LogP contribution in [0.1, 0.15) is 37.7 Å². The quantitative estimate of drug-likeness (QED) is 0.459. The Kier molecular flexibility index (Phi) is 5.85. The summed E-state index contributed by atoms with van der Waals surface area (Å²) in [6, 6.07) is 3.95. The van der Waals surface area contributed by atoms with E-state index in [0.717, 1.165) is 11.1 Å². The first-order valence-corrected chi connectivity index (χ1v) is 8.19. The molecule has 0 bridgehead atoms. The maximum absolute atomic E-state index is 11.7. The number of anilines is 1. The van der Waals surface area contributed by atoms with Gasteiger partial charge in [-0.05, 0) is 24.5 Å². The minimum absolute atomic E-state index is 0.0341. The summed E-state index contributed by atoms with van der Waals surface area (Å²) in [6.45, 7) is 1.87. The van der Waals surface area contributed by atoms with Crippen LogP contribution in [0.3, 0.4) is 0 Å². The fourth-order valence-electron chi connectivity index (χ4n) is 2.56. The minimum Gasteiger partial charge on any atom is -0.397 e. The zero-order valence-corrected chi connectivity index (χ0v) is 14.1. The molecular weight excluding hydrogens is 318 g/mol. The van der Waals surface area contributed by atoms with Gasteiger partial charge in [0.05, 0.1) is 17.8 Å². The number of nitrogen functional groups attached to an aromatic ring is 1. The highest BCUT2D eigenvalue weighted by molar-refractivity contribution is 6.17. The molecule has 6 nitrogen and oxygen atoms in total. The van der Waals surface area contributed by atoms with E-state index in [-0.39, 0.29) is 24.5 Å². The number of fused-ring (bicyclic) bond motifs is 1. The molecular formula is C16H22ClN3O3. The summed E-state index contributed by atoms with van der Waals surface area (Å²) in [5, 5.41) is 9.54. The fraction of sp³-hybridized carbons (Fsp3) is 0.500. The number of alkyl halides is 1. The maximum Gasteiger partial charge on any atom is 0.313 e. The standard InChI is InChI=1S/C16H22ClN3O3/c1-3-4-13(22)23-16-19-15-12(20(16)2)6-5-11(14(15)18)10(9-21)7-8-17/h5-6,10,21H,3-4,7-9,18H2,1-2H3. The highest BCUT2D eigenvalue weighted by atomic mass is 35.5. The Morgan fingerprint density at radius 2 is 2.26 bits per heavy atom. The Balaban J connectivity index is 2.43. The average Bonchev–Trinajstić information content (AvgIpc) is 2.84. The number of esters is 1. The van der Waals surface area contributed by atoms with Crippen molar-refractivity contribution in [1.82, 2.24) is 9.55 Å². The Bertz CT molecular complexity index is 699. The summed E-state index contributed by atoms with van der Waals surface area (Å²) < 4.78 is 6.98. The lowest BCUT2D eigenvalue weighted by Gasteiger charge is -2.15. The van der Waals surface area contributed by atoms with Crippen LogP contribution in [0.2, 0.25) is 0 Å². The van der Waals surface area contributed by atoms with Crippen LogP contribution in [-0.2, 0) is 11.8 Å². The largest absolute Gasteiger partial charge is 0.397 e. The molecule has 0 amide bonds. The second kappa shape index (κ2) is 7.66. The number of nitrogens with zero attached hydrogens (tertiary/aromatic N) is 2. The molecule has 0 spiro atoms. The highest BCUT2D eigenvalue weighted by Crippen LogP contribution is 2.33. The van der Waals surface area contributed by atoms with E-state index >= 15 is 0 Å². The van der Waals surface area contributed by atoms with E-state index in [2.05, 4.69) is 4.98 Å². The summed E-state index contributed by atoms with van der Waals surface area (Å²) >= 11 is 5.78. The van der Waals surface area contributed by atoms with Crippen molar-refractivity contribution in [2.45, 2.75) is 32.1 Å². The van der Waals surface area contributed by atoms with E-state index in [9.17, 15) is 9.90 Å². The number of ether oxygens (including phenoxy) is 1. The van der Waals surface area contributed by atoms with Gasteiger partial charge in [-0.2, -0.15) is 4.98 Å². The number of rotatable bonds is 7. The topological polar surface area (TPSA) is 90.4 Å². The van der Waals surface area contributed by atoms with Crippen molar-refractivity contribution in [2.24, 2.45) is 7.05 Å². The first-order chi connectivity index (χ1) is 11.0. The maximum atomic E-state index is 11.7. The summed E-state index contributed by atoms with van der Waals surface area (Å²) in [4.78, 5) is 16.0. The van der Waals surface area contributed by atoms with E-state index in [1.165, 1.54) is 0 Å². The van der Waals surface area contributed by atoms with Crippen LogP contribution < -0.4 is 10.5 Å². The van der Waals surface area contributed by atoms with Crippen LogP contribution in [0.5, 0.6) is 6.01 Å². The summed E-state index contributed by atoms with van der Waals surface area (Å²) in [7, 11) is 1.77. The lowest BCUT2D eigenvalue weighted by Crippen LogP contribution is -2.10. The zero-order chi connectivity index (χ0) is 17.0. The number of benzene rings is 1. The lowest BCUT2D eigenvalue weighted by atomic mass is 9.95. The number of imidazole rings is 1. The number of nitrogens with two attached hydrogens (primary N) is 1. The van der Waals surface area contributed by atoms with Crippen molar-refractivity contribution >= 4 is 34.3 Å². The van der Waals surface area contributed by atoms with Crippen molar-refractivity contribution in [1.29, 1.82) is 0 Å². The number of aliphatic hydroxyl groups excluding tert-OH is 1. The molecule has 0 aliphatic carbocycles. The first-order valence-electron chi connectivity index (χ1n) is 7.65. The number of carbonyl (C=O) groups excluding carboxylic acids is 1. The smallest absolute Gasteiger partial charge is 0.313 e. The summed E-state index contributed by atoms with van der Waals surface area (Å²) in [5.74, 6) is -0.0183. The Labute approximate surface area is 140 Å². The second-order valence-electron chi connectivity index (χ2n) is 5.47. The monoisotopic (exact) mass is 339 g/mol. The van der Waals surface area contributed by atoms with Gasteiger partial charge in [-0.3, -0.25) is 9.36 Å². The third-order valence-corrected chi connectivity index (χ3v) is 4.08. The molecule has 1 heterocycles. The molecule has 0 aliphatic rings. The normalized spacial score (nSPS) is 12.5. The molecule has 0 saturated carbocycles. The van der Waals surface area contributed by atoms with Crippen LogP contribution in [0, 0.1) is 0 Å². The number of aryl methyl sites for hydroxylation is 1.